The minimum atomic E-state index is -4.29. The van der Waals surface area contributed by atoms with E-state index in [-0.39, 0.29) is 11.6 Å². The van der Waals surface area contributed by atoms with E-state index in [1.165, 1.54) is 36.7 Å². The molecule has 0 atom stereocenters. The van der Waals surface area contributed by atoms with Crippen molar-refractivity contribution in [2.24, 2.45) is 0 Å². The molecule has 2 rings (SSSR count). The van der Waals surface area contributed by atoms with E-state index in [4.69, 9.17) is 5.11 Å². The van der Waals surface area contributed by atoms with Crippen LogP contribution in [0.15, 0.2) is 36.7 Å². The fourth-order valence-electron chi connectivity index (χ4n) is 1.50. The average Bonchev–Trinajstić information content (AvgIpc) is 2.64. The van der Waals surface area contributed by atoms with Gasteiger partial charge in [-0.2, -0.15) is 13.2 Å². The van der Waals surface area contributed by atoms with Gasteiger partial charge in [-0.15, -0.1) is 0 Å². The maximum absolute atomic E-state index is 12.3. The minimum Gasteiger partial charge on any atom is -0.508 e. The molecule has 3 nitrogen and oxygen atoms in total. The average molecular weight is 242 g/mol. The third-order valence-corrected chi connectivity index (χ3v) is 2.19. The number of phenols is 1. The summed E-state index contributed by atoms with van der Waals surface area (Å²) >= 11 is 0. The molecule has 17 heavy (non-hydrogen) atoms. The SMILES string of the molecule is Oc1ccc(-c2nccn2CC(F)(F)F)cc1. The van der Waals surface area contributed by atoms with Crippen molar-refractivity contribution in [1.29, 1.82) is 0 Å². The van der Waals surface area contributed by atoms with Crippen molar-refractivity contribution in [2.45, 2.75) is 12.7 Å². The Labute approximate surface area is 95.1 Å². The Hall–Kier alpha value is -1.98. The number of benzene rings is 1. The first-order valence-corrected chi connectivity index (χ1v) is 4.83. The van der Waals surface area contributed by atoms with Crippen LogP contribution in [0.5, 0.6) is 5.75 Å². The largest absolute Gasteiger partial charge is 0.508 e. The predicted octanol–water partition coefficient (Wildman–Crippen LogP) is 2.82. The fourth-order valence-corrected chi connectivity index (χ4v) is 1.50. The molecule has 0 amide bonds. The van der Waals surface area contributed by atoms with E-state index in [0.717, 1.165) is 4.57 Å². The van der Waals surface area contributed by atoms with Crippen LogP contribution in [0.4, 0.5) is 13.2 Å². The second-order valence-electron chi connectivity index (χ2n) is 3.54. The molecule has 0 bridgehead atoms. The summed E-state index contributed by atoms with van der Waals surface area (Å²) in [5.74, 6) is 0.282. The molecule has 0 unspecified atom stereocenters. The highest BCUT2D eigenvalue weighted by Gasteiger charge is 2.28. The number of imidazole rings is 1. The predicted molar refractivity (Wildman–Crippen MR) is 55.4 cm³/mol. The molecule has 1 N–H and O–H groups in total. The summed E-state index contributed by atoms with van der Waals surface area (Å²) in [6.45, 7) is -1.08. The molecular weight excluding hydrogens is 233 g/mol. The Morgan fingerprint density at radius 2 is 1.82 bits per heavy atom. The van der Waals surface area contributed by atoms with Crippen molar-refractivity contribution in [2.75, 3.05) is 0 Å². The first-order chi connectivity index (χ1) is 7.96. The smallest absolute Gasteiger partial charge is 0.406 e. The standard InChI is InChI=1S/C11H9F3N2O/c12-11(13,14)7-16-6-5-15-10(16)8-1-3-9(17)4-2-8/h1-6,17H,7H2. The van der Waals surface area contributed by atoms with Gasteiger partial charge < -0.3 is 9.67 Å². The van der Waals surface area contributed by atoms with Gasteiger partial charge >= 0.3 is 6.18 Å². The first kappa shape index (κ1) is 11.5. The molecule has 0 saturated carbocycles. The molecule has 0 spiro atoms. The van der Waals surface area contributed by atoms with Gasteiger partial charge in [-0.05, 0) is 24.3 Å². The number of rotatable bonds is 2. The third-order valence-electron chi connectivity index (χ3n) is 2.19. The zero-order valence-electron chi connectivity index (χ0n) is 8.65. The van der Waals surface area contributed by atoms with E-state index in [0.29, 0.717) is 5.56 Å². The van der Waals surface area contributed by atoms with Crippen molar-refractivity contribution >= 4 is 0 Å². The highest BCUT2D eigenvalue weighted by atomic mass is 19.4. The maximum Gasteiger partial charge on any atom is 0.406 e. The lowest BCUT2D eigenvalue weighted by Gasteiger charge is -2.10. The zero-order chi connectivity index (χ0) is 12.5. The highest BCUT2D eigenvalue weighted by Crippen LogP contribution is 2.24. The monoisotopic (exact) mass is 242 g/mol. The van der Waals surface area contributed by atoms with Crippen LogP contribution in [-0.4, -0.2) is 20.8 Å². The molecule has 90 valence electrons. The Morgan fingerprint density at radius 1 is 1.18 bits per heavy atom. The van der Waals surface area contributed by atoms with Crippen LogP contribution < -0.4 is 0 Å². The van der Waals surface area contributed by atoms with E-state index >= 15 is 0 Å². The topological polar surface area (TPSA) is 38.1 Å². The second-order valence-corrected chi connectivity index (χ2v) is 3.54. The summed E-state index contributed by atoms with van der Waals surface area (Å²) in [6.07, 6.45) is -1.70. The molecule has 1 aromatic carbocycles. The van der Waals surface area contributed by atoms with E-state index < -0.39 is 12.7 Å². The molecule has 2 aromatic rings. The third kappa shape index (κ3) is 2.77. The van der Waals surface area contributed by atoms with Crippen LogP contribution in [0, 0.1) is 0 Å². The molecule has 6 heteroatoms. The lowest BCUT2D eigenvalue weighted by Crippen LogP contribution is -2.17. The summed E-state index contributed by atoms with van der Waals surface area (Å²) in [7, 11) is 0. The summed E-state index contributed by atoms with van der Waals surface area (Å²) in [6, 6.07) is 5.85. The zero-order valence-corrected chi connectivity index (χ0v) is 8.65. The fraction of sp³-hybridized carbons (Fsp3) is 0.182. The number of alkyl halides is 3. The molecule has 0 radical (unpaired) electrons. The van der Waals surface area contributed by atoms with Crippen LogP contribution in [0.3, 0.4) is 0 Å². The number of phenolic OH excluding ortho intramolecular Hbond substituents is 1. The van der Waals surface area contributed by atoms with Crippen LogP contribution in [-0.2, 0) is 6.54 Å². The van der Waals surface area contributed by atoms with E-state index in [1.807, 2.05) is 0 Å². The number of halogens is 3. The summed E-state index contributed by atoms with van der Waals surface area (Å²) in [4.78, 5) is 3.88. The van der Waals surface area contributed by atoms with E-state index in [1.54, 1.807) is 0 Å². The Bertz CT molecular complexity index is 502. The van der Waals surface area contributed by atoms with Gasteiger partial charge in [0.25, 0.3) is 0 Å². The summed E-state index contributed by atoms with van der Waals surface area (Å²) < 4.78 is 37.9. The number of nitrogens with zero attached hydrogens (tertiary/aromatic N) is 2. The molecule has 0 fully saturated rings. The van der Waals surface area contributed by atoms with Gasteiger partial charge in [0, 0.05) is 18.0 Å². The van der Waals surface area contributed by atoms with Crippen LogP contribution in [0.1, 0.15) is 0 Å². The molecule has 0 aliphatic heterocycles. The summed E-state index contributed by atoms with van der Waals surface area (Å²) in [5.41, 5.74) is 0.525. The van der Waals surface area contributed by atoms with E-state index in [9.17, 15) is 13.2 Å². The molecule has 0 aliphatic rings. The number of hydrogen-bond donors (Lipinski definition) is 1. The quantitative estimate of drug-likeness (QED) is 0.879. The second kappa shape index (κ2) is 4.12. The Kier molecular flexibility index (Phi) is 2.79. The van der Waals surface area contributed by atoms with Crippen molar-refractivity contribution in [3.05, 3.63) is 36.7 Å². The Morgan fingerprint density at radius 3 is 2.41 bits per heavy atom. The van der Waals surface area contributed by atoms with Crippen molar-refractivity contribution in [3.8, 4) is 17.1 Å². The number of hydrogen-bond acceptors (Lipinski definition) is 2. The highest BCUT2D eigenvalue weighted by molar-refractivity contribution is 5.56. The van der Waals surface area contributed by atoms with Gasteiger partial charge in [-0.25, -0.2) is 4.98 Å². The van der Waals surface area contributed by atoms with Gasteiger partial charge in [0.2, 0.25) is 0 Å². The molecule has 1 aromatic heterocycles. The Balaban J connectivity index is 2.33. The number of aromatic hydroxyl groups is 1. The van der Waals surface area contributed by atoms with Crippen molar-refractivity contribution in [3.63, 3.8) is 0 Å². The van der Waals surface area contributed by atoms with Gasteiger partial charge in [0.05, 0.1) is 0 Å². The molecular formula is C11H9F3N2O. The molecule has 0 saturated heterocycles. The van der Waals surface area contributed by atoms with Crippen LogP contribution in [0.2, 0.25) is 0 Å². The lowest BCUT2D eigenvalue weighted by molar-refractivity contribution is -0.140. The minimum absolute atomic E-state index is 0.0580. The maximum atomic E-state index is 12.3. The lowest BCUT2D eigenvalue weighted by atomic mass is 10.2. The van der Waals surface area contributed by atoms with Crippen molar-refractivity contribution < 1.29 is 18.3 Å². The molecule has 0 aliphatic carbocycles. The molecule has 1 heterocycles. The first-order valence-electron chi connectivity index (χ1n) is 4.83. The summed E-state index contributed by atoms with van der Waals surface area (Å²) in [5, 5.41) is 9.10. The van der Waals surface area contributed by atoms with Gasteiger partial charge in [-0.1, -0.05) is 0 Å². The van der Waals surface area contributed by atoms with Gasteiger partial charge in [0.15, 0.2) is 0 Å². The van der Waals surface area contributed by atoms with Crippen LogP contribution in [0.25, 0.3) is 11.4 Å². The van der Waals surface area contributed by atoms with Crippen LogP contribution >= 0.6 is 0 Å². The van der Waals surface area contributed by atoms with Gasteiger partial charge in [0.1, 0.15) is 18.1 Å². The van der Waals surface area contributed by atoms with E-state index in [2.05, 4.69) is 4.98 Å². The van der Waals surface area contributed by atoms with Crippen molar-refractivity contribution in [1.82, 2.24) is 9.55 Å². The van der Waals surface area contributed by atoms with Gasteiger partial charge in [-0.3, -0.25) is 0 Å². The number of aromatic nitrogens is 2. The normalized spacial score (nSPS) is 11.7.